The number of furan rings is 1. The quantitative estimate of drug-likeness (QED) is 0.786. The number of amides is 2. The second-order valence-corrected chi connectivity index (χ2v) is 6.05. The molecule has 2 amide bonds. The van der Waals surface area contributed by atoms with Crippen LogP contribution in [0.2, 0.25) is 0 Å². The molecule has 0 radical (unpaired) electrons. The Kier molecular flexibility index (Phi) is 4.66. The average Bonchev–Trinajstić information content (AvgIpc) is 3.26. The van der Waals surface area contributed by atoms with E-state index in [1.54, 1.807) is 24.3 Å². The van der Waals surface area contributed by atoms with Gasteiger partial charge >= 0.3 is 0 Å². The number of anilines is 1. The Morgan fingerprint density at radius 1 is 1.12 bits per heavy atom. The van der Waals surface area contributed by atoms with E-state index >= 15 is 0 Å². The van der Waals surface area contributed by atoms with Gasteiger partial charge in [-0.15, -0.1) is 0 Å². The van der Waals surface area contributed by atoms with E-state index in [0.717, 1.165) is 18.4 Å². The lowest BCUT2D eigenvalue weighted by Crippen LogP contribution is -2.44. The summed E-state index contributed by atoms with van der Waals surface area (Å²) in [6.07, 6.45) is 4.26. The van der Waals surface area contributed by atoms with E-state index in [1.807, 2.05) is 12.1 Å². The van der Waals surface area contributed by atoms with Crippen molar-refractivity contribution in [1.82, 2.24) is 5.32 Å². The van der Waals surface area contributed by atoms with Crippen LogP contribution in [0.1, 0.15) is 41.8 Å². The minimum Gasteiger partial charge on any atom is -0.459 e. The van der Waals surface area contributed by atoms with Crippen LogP contribution in [-0.4, -0.2) is 22.5 Å². The summed E-state index contributed by atoms with van der Waals surface area (Å²) in [7, 11) is 0. The predicted molar refractivity (Wildman–Crippen MR) is 88.4 cm³/mol. The maximum absolute atomic E-state index is 12.1. The van der Waals surface area contributed by atoms with Gasteiger partial charge < -0.3 is 20.2 Å². The van der Waals surface area contributed by atoms with Crippen LogP contribution in [0.4, 0.5) is 5.69 Å². The highest BCUT2D eigenvalue weighted by molar-refractivity contribution is 6.02. The van der Waals surface area contributed by atoms with Gasteiger partial charge in [0.2, 0.25) is 0 Å². The Morgan fingerprint density at radius 3 is 2.46 bits per heavy atom. The summed E-state index contributed by atoms with van der Waals surface area (Å²) >= 11 is 0. The lowest BCUT2D eigenvalue weighted by molar-refractivity contribution is -0.139. The Labute approximate surface area is 139 Å². The van der Waals surface area contributed by atoms with Crippen molar-refractivity contribution in [3.63, 3.8) is 0 Å². The monoisotopic (exact) mass is 328 g/mol. The molecule has 6 heteroatoms. The van der Waals surface area contributed by atoms with E-state index in [1.165, 1.54) is 6.26 Å². The fourth-order valence-electron chi connectivity index (χ4n) is 2.84. The van der Waals surface area contributed by atoms with Crippen molar-refractivity contribution in [3.8, 4) is 0 Å². The third kappa shape index (κ3) is 3.65. The fraction of sp³-hybridized carbons (Fsp3) is 0.333. The zero-order valence-electron chi connectivity index (χ0n) is 13.2. The van der Waals surface area contributed by atoms with Gasteiger partial charge in [0.05, 0.1) is 6.26 Å². The van der Waals surface area contributed by atoms with Gasteiger partial charge in [0.25, 0.3) is 11.8 Å². The van der Waals surface area contributed by atoms with Gasteiger partial charge in [-0.3, -0.25) is 9.59 Å². The molecule has 2 aromatic rings. The van der Waals surface area contributed by atoms with Gasteiger partial charge in [-0.25, -0.2) is 0 Å². The smallest absolute Gasteiger partial charge is 0.291 e. The number of hydrogen-bond donors (Lipinski definition) is 3. The lowest BCUT2D eigenvalue weighted by Gasteiger charge is -2.20. The van der Waals surface area contributed by atoms with Crippen molar-refractivity contribution in [1.29, 1.82) is 0 Å². The number of carbonyl (C=O) groups excluding carboxylic acids is 2. The molecule has 1 aromatic carbocycles. The second-order valence-electron chi connectivity index (χ2n) is 6.05. The number of carbonyl (C=O) groups is 2. The zero-order valence-corrected chi connectivity index (χ0v) is 13.2. The van der Waals surface area contributed by atoms with E-state index in [0.29, 0.717) is 25.1 Å². The molecule has 0 atom stereocenters. The van der Waals surface area contributed by atoms with Gasteiger partial charge in [-0.2, -0.15) is 0 Å². The highest BCUT2D eigenvalue weighted by Gasteiger charge is 2.38. The zero-order chi connectivity index (χ0) is 17.0. The molecule has 0 unspecified atom stereocenters. The van der Waals surface area contributed by atoms with Crippen LogP contribution in [0.25, 0.3) is 0 Å². The van der Waals surface area contributed by atoms with Crippen LogP contribution in [-0.2, 0) is 11.3 Å². The number of nitrogens with one attached hydrogen (secondary N) is 2. The van der Waals surface area contributed by atoms with Gasteiger partial charge in [-0.1, -0.05) is 12.1 Å². The number of aliphatic hydroxyl groups is 1. The molecule has 0 spiro atoms. The van der Waals surface area contributed by atoms with E-state index in [4.69, 9.17) is 4.42 Å². The van der Waals surface area contributed by atoms with E-state index < -0.39 is 5.60 Å². The molecule has 3 N–H and O–H groups in total. The average molecular weight is 328 g/mol. The summed E-state index contributed by atoms with van der Waals surface area (Å²) in [5.74, 6) is -0.379. The number of hydrogen-bond acceptors (Lipinski definition) is 4. The van der Waals surface area contributed by atoms with Crippen LogP contribution >= 0.6 is 0 Å². The third-order valence-electron chi connectivity index (χ3n) is 4.26. The molecule has 1 saturated carbocycles. The molecule has 126 valence electrons. The summed E-state index contributed by atoms with van der Waals surface area (Å²) in [5.41, 5.74) is 0.318. The molecule has 1 fully saturated rings. The maximum Gasteiger partial charge on any atom is 0.291 e. The van der Waals surface area contributed by atoms with Gasteiger partial charge in [0.1, 0.15) is 5.60 Å². The molecule has 1 aliphatic carbocycles. The van der Waals surface area contributed by atoms with Crippen molar-refractivity contribution >= 4 is 17.5 Å². The van der Waals surface area contributed by atoms with E-state index in [9.17, 15) is 14.7 Å². The summed E-state index contributed by atoms with van der Waals surface area (Å²) in [4.78, 5) is 23.9. The highest BCUT2D eigenvalue weighted by Crippen LogP contribution is 2.29. The first-order valence-corrected chi connectivity index (χ1v) is 8.01. The SMILES string of the molecule is O=C(Nc1ccc(CNC(=O)C2(O)CCCC2)cc1)c1ccco1. The summed E-state index contributed by atoms with van der Waals surface area (Å²) in [6.45, 7) is 0.341. The van der Waals surface area contributed by atoms with E-state index in [2.05, 4.69) is 10.6 Å². The van der Waals surface area contributed by atoms with Crippen molar-refractivity contribution < 1.29 is 19.1 Å². The first-order chi connectivity index (χ1) is 11.6. The fourth-order valence-corrected chi connectivity index (χ4v) is 2.84. The molecular weight excluding hydrogens is 308 g/mol. The molecule has 24 heavy (non-hydrogen) atoms. The van der Waals surface area contributed by atoms with Crippen LogP contribution in [0.5, 0.6) is 0 Å². The normalized spacial score (nSPS) is 15.9. The van der Waals surface area contributed by atoms with Crippen LogP contribution in [0.15, 0.2) is 47.1 Å². The molecule has 0 bridgehead atoms. The summed E-state index contributed by atoms with van der Waals surface area (Å²) in [6, 6.07) is 10.4. The van der Waals surface area contributed by atoms with Crippen molar-refractivity contribution in [2.75, 3.05) is 5.32 Å². The molecule has 0 saturated heterocycles. The molecule has 6 nitrogen and oxygen atoms in total. The van der Waals surface area contributed by atoms with Crippen molar-refractivity contribution in [3.05, 3.63) is 54.0 Å². The molecule has 3 rings (SSSR count). The predicted octanol–water partition coefficient (Wildman–Crippen LogP) is 2.45. The van der Waals surface area contributed by atoms with Gasteiger partial charge in [-0.05, 0) is 55.5 Å². The Morgan fingerprint density at radius 2 is 1.83 bits per heavy atom. The Balaban J connectivity index is 1.53. The Bertz CT molecular complexity index is 701. The molecule has 1 aliphatic rings. The summed E-state index contributed by atoms with van der Waals surface area (Å²) in [5, 5.41) is 15.7. The van der Waals surface area contributed by atoms with Gasteiger partial charge in [0.15, 0.2) is 5.76 Å². The minimum absolute atomic E-state index is 0.246. The summed E-state index contributed by atoms with van der Waals surface area (Å²) < 4.78 is 5.03. The molecular formula is C18H20N2O4. The van der Waals surface area contributed by atoms with Crippen molar-refractivity contribution in [2.24, 2.45) is 0 Å². The standard InChI is InChI=1S/C18H20N2O4/c21-16(15-4-3-11-24-15)20-14-7-5-13(6-8-14)12-19-17(22)18(23)9-1-2-10-18/h3-8,11,23H,1-2,9-10,12H2,(H,19,22)(H,20,21). The van der Waals surface area contributed by atoms with E-state index in [-0.39, 0.29) is 17.6 Å². The first kappa shape index (κ1) is 16.3. The lowest BCUT2D eigenvalue weighted by atomic mass is 10.0. The minimum atomic E-state index is -1.21. The largest absolute Gasteiger partial charge is 0.459 e. The van der Waals surface area contributed by atoms with Crippen LogP contribution < -0.4 is 10.6 Å². The van der Waals surface area contributed by atoms with Gasteiger partial charge in [0, 0.05) is 12.2 Å². The van der Waals surface area contributed by atoms with Crippen LogP contribution in [0, 0.1) is 0 Å². The van der Waals surface area contributed by atoms with Crippen LogP contribution in [0.3, 0.4) is 0 Å². The topological polar surface area (TPSA) is 91.6 Å². The third-order valence-corrected chi connectivity index (χ3v) is 4.26. The second kappa shape index (κ2) is 6.88. The first-order valence-electron chi connectivity index (χ1n) is 8.01. The maximum atomic E-state index is 12.1. The molecule has 0 aliphatic heterocycles. The number of rotatable bonds is 5. The number of benzene rings is 1. The highest BCUT2D eigenvalue weighted by atomic mass is 16.3. The van der Waals surface area contributed by atoms with Crippen molar-refractivity contribution in [2.45, 2.75) is 37.8 Å². The molecule has 1 heterocycles. The Hall–Kier alpha value is -2.60. The molecule has 1 aromatic heterocycles.